The van der Waals surface area contributed by atoms with E-state index >= 15 is 0 Å². The summed E-state index contributed by atoms with van der Waals surface area (Å²) in [4.78, 5) is 21.0. The van der Waals surface area contributed by atoms with Crippen molar-refractivity contribution in [2.24, 2.45) is 0 Å². The zero-order valence-corrected chi connectivity index (χ0v) is 45.1. The van der Waals surface area contributed by atoms with E-state index in [1.54, 1.807) is 0 Å². The van der Waals surface area contributed by atoms with Gasteiger partial charge in [0.05, 0.1) is 79.0 Å². The average Bonchev–Trinajstić information content (AvgIpc) is 1.58. The maximum atomic E-state index is 8.33. The molecule has 0 aliphatic carbocycles. The van der Waals surface area contributed by atoms with Gasteiger partial charge < -0.3 is 18.3 Å². The molecule has 8 nitrogen and oxygen atoms in total. The molecule has 0 aliphatic heterocycles. The van der Waals surface area contributed by atoms with E-state index < -0.39 is 0 Å². The van der Waals surface area contributed by atoms with E-state index in [0.717, 1.165) is 138 Å². The van der Waals surface area contributed by atoms with Gasteiger partial charge in [-0.3, -0.25) is 0 Å². The summed E-state index contributed by atoms with van der Waals surface area (Å²) in [5.74, 6) is 1.54. The number of aromatic nitrogens is 7. The Morgan fingerprint density at radius 2 is 0.476 bits per heavy atom. The Bertz CT molecular complexity index is 5290. The zero-order valence-electron chi connectivity index (χ0n) is 45.1. The summed E-state index contributed by atoms with van der Waals surface area (Å²) in [5.41, 5.74) is 16.5. The fraction of sp³-hybridized carbons (Fsp3) is 0. The van der Waals surface area contributed by atoms with Crippen LogP contribution in [0.2, 0.25) is 0 Å². The minimum atomic E-state index is 0.474. The summed E-state index contributed by atoms with van der Waals surface area (Å²) in [6.07, 6.45) is 0. The van der Waals surface area contributed by atoms with Crippen LogP contribution in [-0.4, -0.2) is 33.2 Å². The van der Waals surface area contributed by atoms with Crippen molar-refractivity contribution in [3.63, 3.8) is 0 Å². The highest BCUT2D eigenvalue weighted by Gasteiger charge is 2.37. The fourth-order valence-electron chi connectivity index (χ4n) is 13.3. The van der Waals surface area contributed by atoms with Crippen LogP contribution in [0.4, 0.5) is 5.69 Å². The Hall–Kier alpha value is -11.7. The van der Waals surface area contributed by atoms with E-state index in [1.165, 1.54) is 0 Å². The number of hydrogen-bond donors (Lipinski definition) is 0. The molecule has 5 aromatic heterocycles. The molecular weight excluding hydrogens is 1020 g/mol. The highest BCUT2D eigenvalue weighted by Crippen LogP contribution is 2.54. The van der Waals surface area contributed by atoms with E-state index in [9.17, 15) is 0 Å². The van der Waals surface area contributed by atoms with Gasteiger partial charge in [0.25, 0.3) is 0 Å². The Morgan fingerprint density at radius 3 is 0.774 bits per heavy atom. The number of fused-ring (bicyclic) bond motifs is 12. The Kier molecular flexibility index (Phi) is 10.5. The van der Waals surface area contributed by atoms with Crippen molar-refractivity contribution in [3.05, 3.63) is 290 Å². The third kappa shape index (κ3) is 6.97. The number of hydrogen-bond acceptors (Lipinski definition) is 3. The molecule has 0 saturated heterocycles. The largest absolute Gasteiger partial charge is 0.306 e. The smallest absolute Gasteiger partial charge is 0.187 e. The molecule has 0 fully saturated rings. The van der Waals surface area contributed by atoms with Crippen molar-refractivity contribution in [1.29, 1.82) is 0 Å². The summed E-state index contributed by atoms with van der Waals surface area (Å²) >= 11 is 0. The first-order valence-corrected chi connectivity index (χ1v) is 28.2. The molecule has 17 aromatic rings. The summed E-state index contributed by atoms with van der Waals surface area (Å²) in [6.45, 7) is 8.33. The van der Waals surface area contributed by atoms with Crippen LogP contribution in [0.3, 0.4) is 0 Å². The molecule has 0 N–H and O–H groups in total. The second-order valence-corrected chi connectivity index (χ2v) is 21.3. The molecule has 0 bridgehead atoms. The molecule has 8 heteroatoms. The van der Waals surface area contributed by atoms with Gasteiger partial charge in [-0.1, -0.05) is 231 Å². The summed E-state index contributed by atoms with van der Waals surface area (Å²) in [7, 11) is 0. The molecule has 390 valence electrons. The topological polar surface area (TPSA) is 62.8 Å². The lowest BCUT2D eigenvalue weighted by Gasteiger charge is -2.31. The molecule has 5 heterocycles. The Balaban J connectivity index is 1.26. The van der Waals surface area contributed by atoms with Crippen LogP contribution in [0.15, 0.2) is 279 Å². The van der Waals surface area contributed by atoms with Gasteiger partial charge in [0, 0.05) is 59.8 Å². The summed E-state index contributed by atoms with van der Waals surface area (Å²) < 4.78 is 10.0. The minimum absolute atomic E-state index is 0.474. The van der Waals surface area contributed by atoms with Crippen LogP contribution in [0.25, 0.3) is 160 Å². The van der Waals surface area contributed by atoms with E-state index in [2.05, 4.69) is 254 Å². The minimum Gasteiger partial charge on any atom is -0.306 e. The van der Waals surface area contributed by atoms with Crippen molar-refractivity contribution in [2.45, 2.75) is 0 Å². The Morgan fingerprint density at radius 1 is 0.226 bits per heavy atom. The van der Waals surface area contributed by atoms with Gasteiger partial charge in [0.15, 0.2) is 23.2 Å². The Labute approximate surface area is 482 Å². The monoisotopic (exact) mass is 1070 g/mol. The molecule has 17 rings (SSSR count). The number of rotatable bonds is 8. The normalized spacial score (nSPS) is 11.8. The summed E-state index contributed by atoms with van der Waals surface area (Å²) in [6, 6.07) is 99.0. The molecule has 0 unspecified atom stereocenters. The molecular formula is C76H46N8. The van der Waals surface area contributed by atoms with Gasteiger partial charge in [0.2, 0.25) is 0 Å². The van der Waals surface area contributed by atoms with Gasteiger partial charge in [0.1, 0.15) is 0 Å². The SMILES string of the molecule is [C-]#[N+]c1ccc(-c2c(-c3nc(-c4ccccc4)nc(-c4ccccc4)n3)c(-n3c4ccccc4c4ccccc43)c(-n3c4ccccc4c4ccccc43)c(-n3c4ccccc4c4ccccc43)c2-n2c3ccccc3c3ccccc32)cc1. The fourth-order valence-corrected chi connectivity index (χ4v) is 13.3. The molecule has 84 heavy (non-hydrogen) atoms. The van der Waals surface area contributed by atoms with E-state index in [0.29, 0.717) is 23.2 Å². The first kappa shape index (κ1) is 47.2. The predicted octanol–water partition coefficient (Wildman–Crippen LogP) is 19.5. The van der Waals surface area contributed by atoms with Gasteiger partial charge in [-0.05, 0) is 54.1 Å². The number of benzene rings is 12. The highest BCUT2D eigenvalue weighted by atomic mass is 15.2. The van der Waals surface area contributed by atoms with Crippen molar-refractivity contribution in [1.82, 2.24) is 33.2 Å². The standard InChI is InChI=1S/C76H46N8/c1-77-51-46-44-48(45-47-51)68-69(76-79-74(49-24-4-2-5-25-49)78-75(80-76)50-26-6-3-7-27-50)71(82-62-38-18-10-30-54(62)55-31-11-19-39-63(55)82)73(84-66-42-22-14-34-58(66)59-35-15-23-43-67(59)84)72(83-64-40-20-12-32-56(64)57-33-13-21-41-65(57)83)70(68)81-60-36-16-8-28-52(60)53-29-9-17-37-61(53)81/h2-47H. The van der Waals surface area contributed by atoms with Gasteiger partial charge in [-0.2, -0.15) is 0 Å². The van der Waals surface area contributed by atoms with Crippen molar-refractivity contribution in [3.8, 4) is 68.0 Å². The lowest BCUT2D eigenvalue weighted by Crippen LogP contribution is -2.17. The highest BCUT2D eigenvalue weighted by molar-refractivity contribution is 6.18. The molecule has 0 amide bonds. The van der Waals surface area contributed by atoms with Crippen LogP contribution >= 0.6 is 0 Å². The molecule has 12 aromatic carbocycles. The first-order valence-electron chi connectivity index (χ1n) is 28.2. The molecule has 0 atom stereocenters. The van der Waals surface area contributed by atoms with Crippen LogP contribution in [-0.2, 0) is 0 Å². The lowest BCUT2D eigenvalue weighted by atomic mass is 9.91. The number of nitrogens with zero attached hydrogens (tertiary/aromatic N) is 8. The molecule has 0 spiro atoms. The lowest BCUT2D eigenvalue weighted by molar-refractivity contribution is 1.01. The van der Waals surface area contributed by atoms with Crippen molar-refractivity contribution >= 4 is 92.9 Å². The second-order valence-electron chi connectivity index (χ2n) is 21.3. The molecule has 0 saturated carbocycles. The maximum absolute atomic E-state index is 8.33. The van der Waals surface area contributed by atoms with Crippen molar-refractivity contribution < 1.29 is 0 Å². The van der Waals surface area contributed by atoms with Crippen LogP contribution in [0.1, 0.15) is 0 Å². The van der Waals surface area contributed by atoms with Gasteiger partial charge in [-0.25, -0.2) is 19.8 Å². The molecule has 0 radical (unpaired) electrons. The van der Waals surface area contributed by atoms with Gasteiger partial charge >= 0.3 is 0 Å². The van der Waals surface area contributed by atoms with Gasteiger partial charge in [-0.15, -0.1) is 0 Å². The maximum Gasteiger partial charge on any atom is 0.187 e. The average molecular weight is 1070 g/mol. The predicted molar refractivity (Wildman–Crippen MR) is 345 cm³/mol. The first-order chi connectivity index (χ1) is 41.7. The van der Waals surface area contributed by atoms with E-state index in [1.807, 2.05) is 48.5 Å². The summed E-state index contributed by atoms with van der Waals surface area (Å²) in [5, 5.41) is 8.91. The zero-order chi connectivity index (χ0) is 55.4. The molecule has 0 aliphatic rings. The van der Waals surface area contributed by atoms with Crippen LogP contribution in [0, 0.1) is 6.57 Å². The third-order valence-electron chi connectivity index (χ3n) is 16.8. The quantitative estimate of drug-likeness (QED) is 0.142. The van der Waals surface area contributed by atoms with Crippen LogP contribution in [0.5, 0.6) is 0 Å². The third-order valence-corrected chi connectivity index (χ3v) is 16.8. The van der Waals surface area contributed by atoms with Crippen molar-refractivity contribution in [2.75, 3.05) is 0 Å². The van der Waals surface area contributed by atoms with E-state index in [4.69, 9.17) is 21.5 Å². The number of para-hydroxylation sites is 8. The van der Waals surface area contributed by atoms with E-state index in [-0.39, 0.29) is 0 Å². The second kappa shape index (κ2) is 18.7. The van der Waals surface area contributed by atoms with Crippen LogP contribution < -0.4 is 0 Å².